The molecule has 128 valence electrons. The Hall–Kier alpha value is -1.15. The topological polar surface area (TPSA) is 75.9 Å². The van der Waals surface area contributed by atoms with E-state index in [1.54, 1.807) is 4.90 Å². The number of halogens is 1. The minimum atomic E-state index is -0.354. The smallest absolute Gasteiger partial charge is 0.254 e. The summed E-state index contributed by atoms with van der Waals surface area (Å²) in [6.07, 6.45) is 1.25. The molecule has 2 saturated heterocycles. The lowest BCUT2D eigenvalue weighted by Gasteiger charge is -2.35. The van der Waals surface area contributed by atoms with Crippen LogP contribution in [0.25, 0.3) is 0 Å². The van der Waals surface area contributed by atoms with Gasteiger partial charge in [-0.05, 0) is 24.3 Å². The molecular weight excluding hydrogens is 338 g/mol. The molecule has 2 amide bonds. The summed E-state index contributed by atoms with van der Waals surface area (Å²) < 4.78 is 5.66. The van der Waals surface area contributed by atoms with Crippen molar-refractivity contribution in [3.63, 3.8) is 0 Å². The number of thiophene rings is 1. The number of ether oxygens (including phenoxy) is 1. The molecule has 23 heavy (non-hydrogen) atoms. The Morgan fingerprint density at radius 1 is 1.22 bits per heavy atom. The maximum atomic E-state index is 12.4. The molecule has 1 aromatic rings. The van der Waals surface area contributed by atoms with Gasteiger partial charge in [0.1, 0.15) is 6.10 Å². The standard InChI is InChI=1S/C15H21N3O3S.ClH/c16-9-12-1-2-13(21-12)15(20)18-6-4-17(5-7-18)14(19)11-3-8-22-10-11;/h3,8,10,12-13H,1-2,4-7,9,16H2;1H/t12-,13+;/m1./s1. The number of hydrogen-bond acceptors (Lipinski definition) is 5. The summed E-state index contributed by atoms with van der Waals surface area (Å²) in [5.74, 6) is 0.0900. The molecular formula is C15H22ClN3O3S. The fraction of sp³-hybridized carbons (Fsp3) is 0.600. The van der Waals surface area contributed by atoms with E-state index in [2.05, 4.69) is 0 Å². The zero-order valence-electron chi connectivity index (χ0n) is 12.8. The van der Waals surface area contributed by atoms with Crippen molar-refractivity contribution in [3.05, 3.63) is 22.4 Å². The zero-order chi connectivity index (χ0) is 15.5. The van der Waals surface area contributed by atoms with Gasteiger partial charge in [0.15, 0.2) is 0 Å². The molecule has 2 fully saturated rings. The number of carbonyl (C=O) groups is 2. The van der Waals surface area contributed by atoms with E-state index in [0.29, 0.717) is 32.7 Å². The first kappa shape index (κ1) is 18.2. The van der Waals surface area contributed by atoms with Crippen LogP contribution in [0.1, 0.15) is 23.2 Å². The van der Waals surface area contributed by atoms with Crippen LogP contribution in [0.15, 0.2) is 16.8 Å². The average molecular weight is 360 g/mol. The van der Waals surface area contributed by atoms with E-state index in [-0.39, 0.29) is 36.4 Å². The maximum absolute atomic E-state index is 12.4. The Kier molecular flexibility index (Phi) is 6.41. The van der Waals surface area contributed by atoms with Crippen LogP contribution >= 0.6 is 23.7 Å². The molecule has 2 atom stereocenters. The number of nitrogens with zero attached hydrogens (tertiary/aromatic N) is 2. The minimum Gasteiger partial charge on any atom is -0.364 e. The molecule has 3 rings (SSSR count). The molecule has 0 saturated carbocycles. The van der Waals surface area contributed by atoms with Gasteiger partial charge in [0.25, 0.3) is 11.8 Å². The quantitative estimate of drug-likeness (QED) is 0.872. The third-order valence-corrected chi connectivity index (χ3v) is 4.98. The Labute approximate surface area is 146 Å². The van der Waals surface area contributed by atoms with Gasteiger partial charge < -0.3 is 20.3 Å². The van der Waals surface area contributed by atoms with Crippen LogP contribution in [0, 0.1) is 0 Å². The number of nitrogens with two attached hydrogens (primary N) is 1. The van der Waals surface area contributed by atoms with E-state index in [1.807, 2.05) is 21.7 Å². The predicted molar refractivity (Wildman–Crippen MR) is 91.0 cm³/mol. The maximum Gasteiger partial charge on any atom is 0.254 e. The van der Waals surface area contributed by atoms with Gasteiger partial charge in [0.05, 0.1) is 11.7 Å². The van der Waals surface area contributed by atoms with Gasteiger partial charge in [-0.2, -0.15) is 11.3 Å². The molecule has 8 heteroatoms. The molecule has 2 N–H and O–H groups in total. The van der Waals surface area contributed by atoms with Crippen LogP contribution in [0.3, 0.4) is 0 Å². The largest absolute Gasteiger partial charge is 0.364 e. The normalized spacial score (nSPS) is 24.4. The highest BCUT2D eigenvalue weighted by atomic mass is 35.5. The Balaban J connectivity index is 0.00000192. The van der Waals surface area contributed by atoms with Crippen molar-refractivity contribution in [1.82, 2.24) is 9.80 Å². The minimum absolute atomic E-state index is 0. The highest BCUT2D eigenvalue weighted by Gasteiger charge is 2.34. The van der Waals surface area contributed by atoms with E-state index < -0.39 is 0 Å². The molecule has 0 aromatic carbocycles. The van der Waals surface area contributed by atoms with Crippen LogP contribution < -0.4 is 5.73 Å². The number of carbonyl (C=O) groups excluding carboxylic acids is 2. The van der Waals surface area contributed by atoms with E-state index in [0.717, 1.165) is 18.4 Å². The van der Waals surface area contributed by atoms with Crippen molar-refractivity contribution in [2.75, 3.05) is 32.7 Å². The number of amides is 2. The van der Waals surface area contributed by atoms with E-state index >= 15 is 0 Å². The van der Waals surface area contributed by atoms with Gasteiger partial charge in [-0.1, -0.05) is 0 Å². The van der Waals surface area contributed by atoms with Gasteiger partial charge in [0, 0.05) is 38.1 Å². The lowest BCUT2D eigenvalue weighted by atomic mass is 10.1. The molecule has 0 unspecified atom stereocenters. The van der Waals surface area contributed by atoms with E-state index in [1.165, 1.54) is 11.3 Å². The van der Waals surface area contributed by atoms with Crippen molar-refractivity contribution in [3.8, 4) is 0 Å². The lowest BCUT2D eigenvalue weighted by molar-refractivity contribution is -0.144. The second kappa shape index (κ2) is 8.10. The van der Waals surface area contributed by atoms with Gasteiger partial charge >= 0.3 is 0 Å². The van der Waals surface area contributed by atoms with Crippen molar-refractivity contribution < 1.29 is 14.3 Å². The average Bonchev–Trinajstić information content (AvgIpc) is 3.25. The number of hydrogen-bond donors (Lipinski definition) is 1. The Bertz CT molecular complexity index is 532. The van der Waals surface area contributed by atoms with E-state index in [4.69, 9.17) is 10.5 Å². The van der Waals surface area contributed by atoms with Crippen molar-refractivity contribution in [1.29, 1.82) is 0 Å². The third-order valence-electron chi connectivity index (χ3n) is 4.29. The molecule has 0 aliphatic carbocycles. The molecule has 0 spiro atoms. The first-order valence-corrected chi connectivity index (χ1v) is 8.59. The van der Waals surface area contributed by atoms with Crippen LogP contribution in [0.5, 0.6) is 0 Å². The SMILES string of the molecule is Cl.NC[C@H]1CC[C@@H](C(=O)N2CCN(C(=O)c3ccsc3)CC2)O1. The molecule has 1 aromatic heterocycles. The summed E-state index contributed by atoms with van der Waals surface area (Å²) in [7, 11) is 0. The highest BCUT2D eigenvalue weighted by molar-refractivity contribution is 7.08. The molecule has 2 aliphatic rings. The molecule has 0 radical (unpaired) electrons. The summed E-state index contributed by atoms with van der Waals surface area (Å²) in [5, 5.41) is 3.76. The lowest BCUT2D eigenvalue weighted by Crippen LogP contribution is -2.52. The van der Waals surface area contributed by atoms with Gasteiger partial charge in [-0.25, -0.2) is 0 Å². The van der Waals surface area contributed by atoms with Gasteiger partial charge in [-0.15, -0.1) is 12.4 Å². The molecule has 0 bridgehead atoms. The van der Waals surface area contributed by atoms with Crippen LogP contribution in [-0.4, -0.2) is 66.5 Å². The van der Waals surface area contributed by atoms with Crippen LogP contribution in [0.2, 0.25) is 0 Å². The van der Waals surface area contributed by atoms with Gasteiger partial charge in [-0.3, -0.25) is 9.59 Å². The van der Waals surface area contributed by atoms with Crippen molar-refractivity contribution in [2.24, 2.45) is 5.73 Å². The second-order valence-electron chi connectivity index (χ2n) is 5.69. The van der Waals surface area contributed by atoms with Crippen LogP contribution in [-0.2, 0) is 9.53 Å². The zero-order valence-corrected chi connectivity index (χ0v) is 14.5. The first-order chi connectivity index (χ1) is 10.7. The summed E-state index contributed by atoms with van der Waals surface area (Å²) in [6, 6.07) is 1.84. The third kappa shape index (κ3) is 4.03. The Morgan fingerprint density at radius 3 is 2.48 bits per heavy atom. The van der Waals surface area contributed by atoms with Crippen molar-refractivity contribution >= 4 is 35.6 Å². The second-order valence-corrected chi connectivity index (χ2v) is 6.47. The fourth-order valence-electron chi connectivity index (χ4n) is 2.96. The predicted octanol–water partition coefficient (Wildman–Crippen LogP) is 0.961. The number of piperazine rings is 1. The number of rotatable bonds is 3. The first-order valence-electron chi connectivity index (χ1n) is 7.65. The fourth-order valence-corrected chi connectivity index (χ4v) is 3.59. The molecule has 2 aliphatic heterocycles. The summed E-state index contributed by atoms with van der Waals surface area (Å²) in [4.78, 5) is 28.3. The summed E-state index contributed by atoms with van der Waals surface area (Å²) in [5.41, 5.74) is 6.31. The summed E-state index contributed by atoms with van der Waals surface area (Å²) in [6.45, 7) is 2.76. The summed E-state index contributed by atoms with van der Waals surface area (Å²) >= 11 is 1.52. The monoisotopic (exact) mass is 359 g/mol. The molecule has 3 heterocycles. The Morgan fingerprint density at radius 2 is 1.91 bits per heavy atom. The van der Waals surface area contributed by atoms with E-state index in [9.17, 15) is 9.59 Å². The van der Waals surface area contributed by atoms with Gasteiger partial charge in [0.2, 0.25) is 0 Å². The highest BCUT2D eigenvalue weighted by Crippen LogP contribution is 2.21. The van der Waals surface area contributed by atoms with Crippen LogP contribution in [0.4, 0.5) is 0 Å². The van der Waals surface area contributed by atoms with Crippen molar-refractivity contribution in [2.45, 2.75) is 25.0 Å². The molecule has 6 nitrogen and oxygen atoms in total.